The van der Waals surface area contributed by atoms with Crippen molar-refractivity contribution in [1.82, 2.24) is 5.32 Å². The van der Waals surface area contributed by atoms with Crippen LogP contribution >= 0.6 is 0 Å². The van der Waals surface area contributed by atoms with Crippen LogP contribution in [0.2, 0.25) is 0 Å². The second kappa shape index (κ2) is 8.48. The monoisotopic (exact) mass is 367 g/mol. The van der Waals surface area contributed by atoms with E-state index in [-0.39, 0.29) is 12.2 Å². The molecule has 2 aromatic rings. The quantitative estimate of drug-likeness (QED) is 0.787. The molecule has 0 heterocycles. The van der Waals surface area contributed by atoms with E-state index in [1.807, 2.05) is 0 Å². The Morgan fingerprint density at radius 2 is 1.80 bits per heavy atom. The van der Waals surface area contributed by atoms with Gasteiger partial charge in [-0.25, -0.2) is 13.6 Å². The topological polar surface area (TPSA) is 83.5 Å². The molecular weight excluding hydrogens is 352 g/mol. The lowest BCUT2D eigenvalue weighted by molar-refractivity contribution is -0.139. The number of carbonyl (C=O) groups excluding carboxylic acids is 1. The summed E-state index contributed by atoms with van der Waals surface area (Å²) in [4.78, 5) is 23.8. The molecule has 0 saturated heterocycles. The zero-order valence-electron chi connectivity index (χ0n) is 12.9. The predicted octanol–water partition coefficient (Wildman–Crippen LogP) is 2.35. The van der Waals surface area contributed by atoms with Crippen molar-refractivity contribution in [3.05, 3.63) is 65.7 Å². The fourth-order valence-electron chi connectivity index (χ4n) is 2.08. The molecule has 0 aliphatic heterocycles. The zero-order chi connectivity index (χ0) is 18.4. The van der Waals surface area contributed by atoms with Gasteiger partial charge in [0.25, 0.3) is 5.91 Å². The molecule has 0 radical (unpaired) electrons. The number of halogens is 2. The number of carboxylic acid groups (broad SMARTS) is 1. The first-order chi connectivity index (χ1) is 11.9. The molecule has 2 rings (SSSR count). The van der Waals surface area contributed by atoms with Gasteiger partial charge in [0.1, 0.15) is 17.7 Å². The van der Waals surface area contributed by atoms with E-state index in [1.165, 1.54) is 0 Å². The van der Waals surface area contributed by atoms with E-state index in [0.717, 1.165) is 12.1 Å². The standard InChI is InChI=1S/C17H15F2NO4S/c18-11-6-7-13(14(19)10-11)16(21)20-15(17(22)23)8-9-25(24)12-4-2-1-3-5-12/h1-7,10,15H,8-9H2,(H,20,21)(H,22,23)/t15-,25-/m1/s1. The molecule has 0 aliphatic rings. The third-order valence-electron chi connectivity index (χ3n) is 3.38. The van der Waals surface area contributed by atoms with Gasteiger partial charge in [-0.05, 0) is 30.7 Å². The summed E-state index contributed by atoms with van der Waals surface area (Å²) in [6.07, 6.45) is -0.106. The van der Waals surface area contributed by atoms with Gasteiger partial charge in [0.05, 0.1) is 16.4 Å². The summed E-state index contributed by atoms with van der Waals surface area (Å²) in [5.74, 6) is -4.24. The number of rotatable bonds is 7. The van der Waals surface area contributed by atoms with Crippen molar-refractivity contribution in [2.24, 2.45) is 0 Å². The highest BCUT2D eigenvalue weighted by Crippen LogP contribution is 2.11. The molecule has 132 valence electrons. The van der Waals surface area contributed by atoms with Crippen LogP contribution in [0.25, 0.3) is 0 Å². The van der Waals surface area contributed by atoms with Crippen molar-refractivity contribution in [3.8, 4) is 0 Å². The van der Waals surface area contributed by atoms with E-state index in [2.05, 4.69) is 5.32 Å². The summed E-state index contributed by atoms with van der Waals surface area (Å²) in [6.45, 7) is 0. The lowest BCUT2D eigenvalue weighted by Crippen LogP contribution is -2.42. The van der Waals surface area contributed by atoms with Crippen LogP contribution in [0.4, 0.5) is 8.78 Å². The molecule has 5 nitrogen and oxygen atoms in total. The molecule has 25 heavy (non-hydrogen) atoms. The number of benzene rings is 2. The third kappa shape index (κ3) is 5.18. The molecule has 2 N–H and O–H groups in total. The Morgan fingerprint density at radius 3 is 2.40 bits per heavy atom. The summed E-state index contributed by atoms with van der Waals surface area (Å²) < 4.78 is 38.6. The number of hydrogen-bond donors (Lipinski definition) is 2. The maximum atomic E-state index is 13.6. The highest BCUT2D eigenvalue weighted by atomic mass is 32.2. The number of hydrogen-bond acceptors (Lipinski definition) is 3. The average Bonchev–Trinajstić information content (AvgIpc) is 2.58. The minimum Gasteiger partial charge on any atom is -0.480 e. The highest BCUT2D eigenvalue weighted by Gasteiger charge is 2.23. The maximum absolute atomic E-state index is 13.6. The summed E-state index contributed by atoms with van der Waals surface area (Å²) in [5, 5.41) is 11.4. The van der Waals surface area contributed by atoms with Crippen LogP contribution in [-0.4, -0.2) is 33.0 Å². The predicted molar refractivity (Wildman–Crippen MR) is 87.6 cm³/mol. The first kappa shape index (κ1) is 18.7. The van der Waals surface area contributed by atoms with Gasteiger partial charge >= 0.3 is 5.97 Å². The molecule has 0 unspecified atom stereocenters. The molecule has 0 bridgehead atoms. The Kier molecular flexibility index (Phi) is 6.35. The average molecular weight is 367 g/mol. The van der Waals surface area contributed by atoms with E-state index >= 15 is 0 Å². The van der Waals surface area contributed by atoms with E-state index < -0.39 is 45.9 Å². The van der Waals surface area contributed by atoms with Gasteiger partial charge in [0.15, 0.2) is 0 Å². The van der Waals surface area contributed by atoms with Crippen molar-refractivity contribution < 1.29 is 27.7 Å². The lowest BCUT2D eigenvalue weighted by atomic mass is 10.1. The minimum absolute atomic E-state index is 0.00710. The van der Waals surface area contributed by atoms with Crippen molar-refractivity contribution >= 4 is 22.7 Å². The normalized spacial score (nSPS) is 13.0. The maximum Gasteiger partial charge on any atom is 0.326 e. The molecule has 1 amide bonds. The fraction of sp³-hybridized carbons (Fsp3) is 0.176. The van der Waals surface area contributed by atoms with Gasteiger partial charge in [0.2, 0.25) is 0 Å². The molecule has 0 spiro atoms. The number of amides is 1. The Morgan fingerprint density at radius 1 is 1.12 bits per heavy atom. The van der Waals surface area contributed by atoms with Gasteiger partial charge in [-0.2, -0.15) is 0 Å². The van der Waals surface area contributed by atoms with Gasteiger partial charge < -0.3 is 10.4 Å². The summed E-state index contributed by atoms with van der Waals surface area (Å²) in [6, 6.07) is 9.51. The molecular formula is C17H15F2NO4S. The van der Waals surface area contributed by atoms with Gasteiger partial charge in [-0.15, -0.1) is 0 Å². The Hall–Kier alpha value is -2.61. The molecule has 0 aromatic heterocycles. The number of carbonyl (C=O) groups is 2. The number of aliphatic carboxylic acids is 1. The van der Waals surface area contributed by atoms with Crippen molar-refractivity contribution in [3.63, 3.8) is 0 Å². The summed E-state index contributed by atoms with van der Waals surface area (Å²) in [7, 11) is -1.43. The van der Waals surface area contributed by atoms with Crippen LogP contribution in [0.1, 0.15) is 16.8 Å². The van der Waals surface area contributed by atoms with Crippen LogP contribution < -0.4 is 5.32 Å². The molecule has 2 aromatic carbocycles. The van der Waals surface area contributed by atoms with E-state index in [1.54, 1.807) is 30.3 Å². The first-order valence-electron chi connectivity index (χ1n) is 7.30. The second-order valence-electron chi connectivity index (χ2n) is 5.14. The van der Waals surface area contributed by atoms with Crippen LogP contribution in [0.15, 0.2) is 53.4 Å². The fourth-order valence-corrected chi connectivity index (χ4v) is 3.23. The van der Waals surface area contributed by atoms with Gasteiger partial charge in [-0.1, -0.05) is 18.2 Å². The summed E-state index contributed by atoms with van der Waals surface area (Å²) >= 11 is 0. The molecule has 8 heteroatoms. The first-order valence-corrected chi connectivity index (χ1v) is 8.62. The smallest absolute Gasteiger partial charge is 0.326 e. The highest BCUT2D eigenvalue weighted by molar-refractivity contribution is 7.85. The summed E-state index contributed by atoms with van der Waals surface area (Å²) in [5.41, 5.74) is -0.461. The van der Waals surface area contributed by atoms with Crippen LogP contribution in [0.3, 0.4) is 0 Å². The molecule has 0 fully saturated rings. The van der Waals surface area contributed by atoms with Crippen LogP contribution in [0, 0.1) is 11.6 Å². The van der Waals surface area contributed by atoms with Crippen molar-refractivity contribution in [2.45, 2.75) is 17.4 Å². The Bertz CT molecular complexity index is 798. The van der Waals surface area contributed by atoms with Gasteiger partial charge in [-0.3, -0.25) is 9.00 Å². The minimum atomic E-state index is -1.43. The number of carboxylic acids is 1. The van der Waals surface area contributed by atoms with Crippen molar-refractivity contribution in [2.75, 3.05) is 5.75 Å². The van der Waals surface area contributed by atoms with E-state index in [9.17, 15) is 27.7 Å². The number of nitrogens with one attached hydrogen (secondary N) is 1. The molecule has 0 saturated carbocycles. The van der Waals surface area contributed by atoms with Crippen LogP contribution in [0.5, 0.6) is 0 Å². The Labute approximate surface area is 145 Å². The zero-order valence-corrected chi connectivity index (χ0v) is 13.8. The van der Waals surface area contributed by atoms with E-state index in [0.29, 0.717) is 11.0 Å². The molecule has 0 aliphatic carbocycles. The van der Waals surface area contributed by atoms with Gasteiger partial charge in [0, 0.05) is 16.7 Å². The lowest BCUT2D eigenvalue weighted by Gasteiger charge is -2.14. The Balaban J connectivity index is 2.02. The van der Waals surface area contributed by atoms with Crippen molar-refractivity contribution in [1.29, 1.82) is 0 Å². The van der Waals surface area contributed by atoms with E-state index in [4.69, 9.17) is 0 Å². The largest absolute Gasteiger partial charge is 0.480 e. The SMILES string of the molecule is O=C(N[C@H](CC[S@@](=O)c1ccccc1)C(=O)O)c1ccc(F)cc1F. The van der Waals surface area contributed by atoms with Crippen LogP contribution in [-0.2, 0) is 15.6 Å². The molecule has 2 atom stereocenters. The third-order valence-corrected chi connectivity index (χ3v) is 4.78. The second-order valence-corrected chi connectivity index (χ2v) is 6.71.